The number of hydrogen-bond acceptors (Lipinski definition) is 2. The molecule has 98 valence electrons. The van der Waals surface area contributed by atoms with Gasteiger partial charge in [-0.25, -0.2) is 4.79 Å². The number of benzene rings is 1. The molecule has 1 aromatic rings. The van der Waals surface area contributed by atoms with Gasteiger partial charge in [0.2, 0.25) is 0 Å². The summed E-state index contributed by atoms with van der Waals surface area (Å²) in [6.45, 7) is 5.23. The van der Waals surface area contributed by atoms with Crippen LogP contribution in [0.25, 0.3) is 0 Å². The minimum absolute atomic E-state index is 0.295. The minimum Gasteiger partial charge on any atom is -0.478 e. The second-order valence-electron chi connectivity index (χ2n) is 5.11. The van der Waals surface area contributed by atoms with Gasteiger partial charge in [-0.1, -0.05) is 24.6 Å². The van der Waals surface area contributed by atoms with Crippen LogP contribution in [0.15, 0.2) is 18.2 Å². The maximum absolute atomic E-state index is 11.3. The van der Waals surface area contributed by atoms with Gasteiger partial charge >= 0.3 is 5.97 Å². The van der Waals surface area contributed by atoms with Crippen LogP contribution >= 0.6 is 11.6 Å². The molecule has 18 heavy (non-hydrogen) atoms. The van der Waals surface area contributed by atoms with Crippen molar-refractivity contribution >= 4 is 23.3 Å². The summed E-state index contributed by atoms with van der Waals surface area (Å²) < 4.78 is 0. The molecule has 0 radical (unpaired) electrons. The quantitative estimate of drug-likeness (QED) is 0.889. The highest BCUT2D eigenvalue weighted by Gasteiger charge is 2.27. The van der Waals surface area contributed by atoms with Gasteiger partial charge < -0.3 is 10.0 Å². The molecule has 1 heterocycles. The third-order valence-corrected chi connectivity index (χ3v) is 3.95. The lowest BCUT2D eigenvalue weighted by Crippen LogP contribution is -2.41. The first-order chi connectivity index (χ1) is 8.50. The molecule has 2 rings (SSSR count). The van der Waals surface area contributed by atoms with Gasteiger partial charge in [0, 0.05) is 12.6 Å². The SMILES string of the molecule is CC1CCN(c2c(Cl)cccc2C(=O)O)C(C)C1. The van der Waals surface area contributed by atoms with Crippen LogP contribution in [0.4, 0.5) is 5.69 Å². The summed E-state index contributed by atoms with van der Waals surface area (Å²) in [7, 11) is 0. The smallest absolute Gasteiger partial charge is 0.337 e. The molecule has 0 spiro atoms. The molecular formula is C14H18ClNO2. The molecular weight excluding hydrogens is 250 g/mol. The lowest BCUT2D eigenvalue weighted by molar-refractivity contribution is 0.0697. The summed E-state index contributed by atoms with van der Waals surface area (Å²) in [5.74, 6) is -0.231. The number of rotatable bonds is 2. The van der Waals surface area contributed by atoms with Gasteiger partial charge in [0.1, 0.15) is 0 Å². The second-order valence-corrected chi connectivity index (χ2v) is 5.52. The number of carboxylic acids is 1. The van der Waals surface area contributed by atoms with Gasteiger partial charge in [-0.2, -0.15) is 0 Å². The maximum atomic E-state index is 11.3. The molecule has 2 unspecified atom stereocenters. The van der Waals surface area contributed by atoms with Gasteiger partial charge in [-0.15, -0.1) is 0 Å². The predicted molar refractivity (Wildman–Crippen MR) is 73.6 cm³/mol. The fraction of sp³-hybridized carbons (Fsp3) is 0.500. The van der Waals surface area contributed by atoms with E-state index in [9.17, 15) is 9.90 Å². The lowest BCUT2D eigenvalue weighted by Gasteiger charge is -2.39. The lowest BCUT2D eigenvalue weighted by atomic mass is 9.92. The summed E-state index contributed by atoms with van der Waals surface area (Å²) in [4.78, 5) is 13.4. The molecule has 0 aromatic heterocycles. The van der Waals surface area contributed by atoms with E-state index in [1.165, 1.54) is 0 Å². The van der Waals surface area contributed by atoms with E-state index < -0.39 is 5.97 Å². The van der Waals surface area contributed by atoms with Crippen LogP contribution in [-0.4, -0.2) is 23.7 Å². The Morgan fingerprint density at radius 1 is 1.44 bits per heavy atom. The fourth-order valence-corrected chi connectivity index (χ4v) is 3.00. The van der Waals surface area contributed by atoms with E-state index in [1.807, 2.05) is 0 Å². The number of carboxylic acid groups (broad SMARTS) is 1. The zero-order valence-corrected chi connectivity index (χ0v) is 11.4. The highest BCUT2D eigenvalue weighted by molar-refractivity contribution is 6.34. The minimum atomic E-state index is -0.918. The number of carbonyl (C=O) groups is 1. The number of aromatic carboxylic acids is 1. The van der Waals surface area contributed by atoms with Crippen LogP contribution in [0.5, 0.6) is 0 Å². The van der Waals surface area contributed by atoms with Gasteiger partial charge in [0.25, 0.3) is 0 Å². The van der Waals surface area contributed by atoms with E-state index in [-0.39, 0.29) is 0 Å². The zero-order chi connectivity index (χ0) is 13.3. The van der Waals surface area contributed by atoms with Crippen molar-refractivity contribution in [3.05, 3.63) is 28.8 Å². The highest BCUT2D eigenvalue weighted by atomic mass is 35.5. The summed E-state index contributed by atoms with van der Waals surface area (Å²) in [6.07, 6.45) is 2.15. The Hall–Kier alpha value is -1.22. The van der Waals surface area contributed by atoms with Crippen molar-refractivity contribution in [1.82, 2.24) is 0 Å². The van der Waals surface area contributed by atoms with Crippen LogP contribution < -0.4 is 4.90 Å². The molecule has 0 saturated carbocycles. The number of anilines is 1. The standard InChI is InChI=1S/C14H18ClNO2/c1-9-6-7-16(10(2)8-9)13-11(14(17)18)4-3-5-12(13)15/h3-5,9-10H,6-8H2,1-2H3,(H,17,18). The number of halogens is 1. The zero-order valence-electron chi connectivity index (χ0n) is 10.7. The molecule has 0 amide bonds. The monoisotopic (exact) mass is 267 g/mol. The van der Waals surface area contributed by atoms with Crippen LogP contribution in [0.3, 0.4) is 0 Å². The van der Waals surface area contributed by atoms with E-state index in [0.29, 0.717) is 28.2 Å². The maximum Gasteiger partial charge on any atom is 0.337 e. The number of piperidine rings is 1. The first kappa shape index (κ1) is 13.2. The molecule has 1 aliphatic rings. The third-order valence-electron chi connectivity index (χ3n) is 3.64. The molecule has 0 aliphatic carbocycles. The van der Waals surface area contributed by atoms with Gasteiger partial charge in [-0.05, 0) is 37.8 Å². The average molecular weight is 268 g/mol. The van der Waals surface area contributed by atoms with Gasteiger partial charge in [0.15, 0.2) is 0 Å². The summed E-state index contributed by atoms with van der Waals surface area (Å²) in [5, 5.41) is 9.80. The average Bonchev–Trinajstić information content (AvgIpc) is 2.29. The largest absolute Gasteiger partial charge is 0.478 e. The first-order valence-corrected chi connectivity index (χ1v) is 6.67. The van der Waals surface area contributed by atoms with Crippen molar-refractivity contribution in [3.63, 3.8) is 0 Å². The van der Waals surface area contributed by atoms with Crippen molar-refractivity contribution in [1.29, 1.82) is 0 Å². The Balaban J connectivity index is 2.41. The van der Waals surface area contributed by atoms with E-state index in [1.54, 1.807) is 18.2 Å². The molecule has 0 bridgehead atoms. The Bertz CT molecular complexity index is 461. The van der Waals surface area contributed by atoms with Crippen molar-refractivity contribution in [2.75, 3.05) is 11.4 Å². The van der Waals surface area contributed by atoms with E-state index in [2.05, 4.69) is 18.7 Å². The van der Waals surface area contributed by atoms with Crippen molar-refractivity contribution in [2.24, 2.45) is 5.92 Å². The highest BCUT2D eigenvalue weighted by Crippen LogP contribution is 2.35. The van der Waals surface area contributed by atoms with Crippen LogP contribution in [-0.2, 0) is 0 Å². The number of nitrogens with zero attached hydrogens (tertiary/aromatic N) is 1. The Morgan fingerprint density at radius 3 is 2.78 bits per heavy atom. The first-order valence-electron chi connectivity index (χ1n) is 6.29. The molecule has 1 aromatic carbocycles. The normalized spacial score (nSPS) is 24.1. The van der Waals surface area contributed by atoms with Gasteiger partial charge in [0.05, 0.1) is 16.3 Å². The molecule has 2 atom stereocenters. The van der Waals surface area contributed by atoms with E-state index >= 15 is 0 Å². The van der Waals surface area contributed by atoms with Crippen molar-refractivity contribution in [3.8, 4) is 0 Å². The summed E-state index contributed by atoms with van der Waals surface area (Å²) in [6, 6.07) is 5.39. The van der Waals surface area contributed by atoms with Crippen molar-refractivity contribution < 1.29 is 9.90 Å². The van der Waals surface area contributed by atoms with Crippen LogP contribution in [0.2, 0.25) is 5.02 Å². The third kappa shape index (κ3) is 2.46. The van der Waals surface area contributed by atoms with Crippen LogP contribution in [0.1, 0.15) is 37.0 Å². The summed E-state index contributed by atoms with van der Waals surface area (Å²) >= 11 is 6.20. The Morgan fingerprint density at radius 2 is 2.17 bits per heavy atom. The molecule has 1 saturated heterocycles. The number of para-hydroxylation sites is 1. The molecule has 1 fully saturated rings. The number of hydrogen-bond donors (Lipinski definition) is 1. The van der Waals surface area contributed by atoms with E-state index in [4.69, 9.17) is 11.6 Å². The molecule has 1 aliphatic heterocycles. The molecule has 4 heteroatoms. The van der Waals surface area contributed by atoms with Crippen LogP contribution in [0, 0.1) is 5.92 Å². The Labute approximate surface area is 112 Å². The predicted octanol–water partition coefficient (Wildman–Crippen LogP) is 3.66. The van der Waals surface area contributed by atoms with Crippen molar-refractivity contribution in [2.45, 2.75) is 32.7 Å². The van der Waals surface area contributed by atoms with Gasteiger partial charge in [-0.3, -0.25) is 0 Å². The summed E-state index contributed by atoms with van der Waals surface area (Å²) in [5.41, 5.74) is 0.968. The van der Waals surface area contributed by atoms with E-state index in [0.717, 1.165) is 19.4 Å². The molecule has 1 N–H and O–H groups in total. The molecule has 3 nitrogen and oxygen atoms in total. The fourth-order valence-electron chi connectivity index (χ4n) is 2.72. The topological polar surface area (TPSA) is 40.5 Å². The second kappa shape index (κ2) is 5.19. The Kier molecular flexibility index (Phi) is 3.81.